The van der Waals surface area contributed by atoms with Gasteiger partial charge in [0.15, 0.2) is 0 Å². The predicted molar refractivity (Wildman–Crippen MR) is 142 cm³/mol. The third-order valence-corrected chi connectivity index (χ3v) is 6.52. The molecule has 0 bridgehead atoms. The van der Waals surface area contributed by atoms with Crippen LogP contribution in [0.15, 0.2) is 101 Å². The van der Waals surface area contributed by atoms with Gasteiger partial charge in [-0.05, 0) is 54.0 Å². The Labute approximate surface area is 226 Å². The molecule has 0 atom stereocenters. The average molecular weight is 662 g/mol. The Balaban J connectivity index is 0.000000175. The molecule has 0 N–H and O–H groups in total. The van der Waals surface area contributed by atoms with Gasteiger partial charge in [-0.3, -0.25) is 4.98 Å². The maximum Gasteiger partial charge on any atom is 0.216 e. The molecule has 0 spiro atoms. The minimum Gasteiger partial charge on any atom is -0.486 e. The summed E-state index contributed by atoms with van der Waals surface area (Å²) in [7, 11) is 0. The van der Waals surface area contributed by atoms with E-state index in [0.717, 1.165) is 50.1 Å². The van der Waals surface area contributed by atoms with Gasteiger partial charge in [-0.25, -0.2) is 4.98 Å². The Bertz CT molecular complexity index is 1720. The quantitative estimate of drug-likeness (QED) is 0.177. The van der Waals surface area contributed by atoms with E-state index in [2.05, 4.69) is 39.6 Å². The molecular formula is C30H19IrN3OS-2. The minimum absolute atomic E-state index is 0. The molecule has 6 heteroatoms. The van der Waals surface area contributed by atoms with Crippen molar-refractivity contribution in [1.29, 1.82) is 0 Å². The van der Waals surface area contributed by atoms with E-state index >= 15 is 0 Å². The van der Waals surface area contributed by atoms with Crippen molar-refractivity contribution in [3.05, 3.63) is 114 Å². The summed E-state index contributed by atoms with van der Waals surface area (Å²) >= 11 is 1.69. The summed E-state index contributed by atoms with van der Waals surface area (Å²) in [6.45, 7) is 1.96. The largest absolute Gasteiger partial charge is 0.486 e. The number of benzene rings is 2. The monoisotopic (exact) mass is 662 g/mol. The standard InChI is InChI=1S/C19H11N2OS.C11H8N.Ir/c1-11-5-6-13-12-3-2-4-14(18(12)22-19(13)20-11)15-7-8-17-16(21-15)9-10-23-17;1-2-6-10(7-3-1)11-8-4-5-9-12-11;/h2-3,5-10H,1H3;1-6,8-9H;/q2*-1;. The van der Waals surface area contributed by atoms with Crippen molar-refractivity contribution in [3.63, 3.8) is 0 Å². The first-order chi connectivity index (χ1) is 17.3. The topological polar surface area (TPSA) is 51.8 Å². The Morgan fingerprint density at radius 1 is 0.778 bits per heavy atom. The van der Waals surface area contributed by atoms with Crippen LogP contribution in [0.3, 0.4) is 0 Å². The Kier molecular flexibility index (Phi) is 7.01. The second kappa shape index (κ2) is 10.5. The number of hydrogen-bond donors (Lipinski definition) is 0. The third-order valence-electron chi connectivity index (χ3n) is 5.65. The van der Waals surface area contributed by atoms with Crippen molar-refractivity contribution in [3.8, 4) is 22.5 Å². The molecule has 0 aliphatic heterocycles. The van der Waals surface area contributed by atoms with Crippen LogP contribution in [0, 0.1) is 19.1 Å². The van der Waals surface area contributed by atoms with Crippen molar-refractivity contribution in [1.82, 2.24) is 15.0 Å². The molecule has 0 amide bonds. The molecule has 4 nitrogen and oxygen atoms in total. The van der Waals surface area contributed by atoms with Crippen LogP contribution in [0.2, 0.25) is 0 Å². The van der Waals surface area contributed by atoms with Crippen molar-refractivity contribution < 1.29 is 24.5 Å². The van der Waals surface area contributed by atoms with E-state index in [1.54, 1.807) is 17.5 Å². The van der Waals surface area contributed by atoms with Crippen LogP contribution in [-0.2, 0) is 20.1 Å². The molecule has 0 saturated carbocycles. The number of rotatable bonds is 2. The van der Waals surface area contributed by atoms with Crippen LogP contribution in [0.25, 0.3) is 54.8 Å². The van der Waals surface area contributed by atoms with Crippen molar-refractivity contribution in [2.24, 2.45) is 0 Å². The zero-order valence-corrected chi connectivity index (χ0v) is 22.4. The fourth-order valence-electron chi connectivity index (χ4n) is 3.97. The first-order valence-corrected chi connectivity index (χ1v) is 12.1. The third kappa shape index (κ3) is 4.71. The van der Waals surface area contributed by atoms with Gasteiger partial charge in [-0.2, -0.15) is 0 Å². The number of thiophene rings is 1. The molecule has 5 heterocycles. The second-order valence-electron chi connectivity index (χ2n) is 7.99. The van der Waals surface area contributed by atoms with Crippen molar-refractivity contribution in [2.45, 2.75) is 6.92 Å². The molecule has 1 radical (unpaired) electrons. The number of nitrogens with zero attached hydrogens (tertiary/aromatic N) is 3. The minimum atomic E-state index is 0. The van der Waals surface area contributed by atoms with Gasteiger partial charge < -0.3 is 9.40 Å². The first kappa shape index (κ1) is 24.0. The number of pyridine rings is 3. The molecule has 5 aromatic heterocycles. The number of hydrogen-bond acceptors (Lipinski definition) is 5. The maximum atomic E-state index is 6.03. The van der Waals surface area contributed by atoms with Gasteiger partial charge in [-0.1, -0.05) is 29.1 Å². The van der Waals surface area contributed by atoms with E-state index < -0.39 is 0 Å². The summed E-state index contributed by atoms with van der Waals surface area (Å²) in [5.74, 6) is 0. The first-order valence-electron chi connectivity index (χ1n) is 11.2. The summed E-state index contributed by atoms with van der Waals surface area (Å²) in [5.41, 5.74) is 7.17. The maximum absolute atomic E-state index is 6.03. The van der Waals surface area contributed by atoms with Crippen LogP contribution < -0.4 is 0 Å². The van der Waals surface area contributed by atoms with E-state index in [1.165, 1.54) is 4.70 Å². The number of aryl methyl sites for hydroxylation is 1. The van der Waals surface area contributed by atoms with Crippen molar-refractivity contribution >= 4 is 43.6 Å². The van der Waals surface area contributed by atoms with Gasteiger partial charge in [0.2, 0.25) is 5.71 Å². The van der Waals surface area contributed by atoms with Gasteiger partial charge in [0.05, 0.1) is 15.8 Å². The molecule has 177 valence electrons. The van der Waals surface area contributed by atoms with E-state index in [-0.39, 0.29) is 20.1 Å². The van der Waals surface area contributed by atoms with E-state index in [0.29, 0.717) is 5.71 Å². The number of fused-ring (bicyclic) bond motifs is 4. The van der Waals surface area contributed by atoms with Crippen LogP contribution in [0.5, 0.6) is 0 Å². The van der Waals surface area contributed by atoms with E-state index in [4.69, 9.17) is 9.40 Å². The fraction of sp³-hybridized carbons (Fsp3) is 0.0333. The van der Waals surface area contributed by atoms with Gasteiger partial charge in [0.1, 0.15) is 0 Å². The molecular weight excluding hydrogens is 643 g/mol. The Morgan fingerprint density at radius 3 is 2.53 bits per heavy atom. The predicted octanol–water partition coefficient (Wildman–Crippen LogP) is 7.91. The van der Waals surface area contributed by atoms with Crippen LogP contribution in [0.1, 0.15) is 5.69 Å². The molecule has 7 aromatic rings. The Hall–Kier alpha value is -3.70. The molecule has 0 unspecified atom stereocenters. The molecule has 2 aromatic carbocycles. The fourth-order valence-corrected chi connectivity index (χ4v) is 4.70. The summed E-state index contributed by atoms with van der Waals surface area (Å²) in [5, 5.41) is 4.13. The van der Waals surface area contributed by atoms with E-state index in [9.17, 15) is 0 Å². The second-order valence-corrected chi connectivity index (χ2v) is 8.94. The summed E-state index contributed by atoms with van der Waals surface area (Å²) in [4.78, 5) is 13.4. The van der Waals surface area contributed by atoms with Gasteiger partial charge in [0.25, 0.3) is 0 Å². The number of furan rings is 1. The van der Waals surface area contributed by atoms with Crippen LogP contribution in [-0.4, -0.2) is 15.0 Å². The molecule has 36 heavy (non-hydrogen) atoms. The zero-order valence-electron chi connectivity index (χ0n) is 19.2. The molecule has 7 rings (SSSR count). The SMILES string of the molecule is Cc1ccc2c(n1)oc1c(-c3ccc4sccc4n3)[c-]ccc12.[Ir].[c-]1ccccc1-c1ccccn1. The van der Waals surface area contributed by atoms with E-state index in [1.807, 2.05) is 79.7 Å². The van der Waals surface area contributed by atoms with Gasteiger partial charge in [0, 0.05) is 37.4 Å². The van der Waals surface area contributed by atoms with Crippen LogP contribution >= 0.6 is 11.3 Å². The smallest absolute Gasteiger partial charge is 0.216 e. The van der Waals surface area contributed by atoms with Crippen LogP contribution in [0.4, 0.5) is 0 Å². The Morgan fingerprint density at radius 2 is 1.69 bits per heavy atom. The van der Waals surface area contributed by atoms with Gasteiger partial charge >= 0.3 is 0 Å². The summed E-state index contributed by atoms with van der Waals surface area (Å²) < 4.78 is 7.22. The molecule has 0 fully saturated rings. The number of aromatic nitrogens is 3. The summed E-state index contributed by atoms with van der Waals surface area (Å²) in [6.07, 6.45) is 1.79. The molecule has 0 aliphatic carbocycles. The zero-order chi connectivity index (χ0) is 23.6. The molecule has 0 saturated heterocycles. The summed E-state index contributed by atoms with van der Waals surface area (Å²) in [6, 6.07) is 34.3. The normalized spacial score (nSPS) is 10.7. The van der Waals surface area contributed by atoms with Crippen molar-refractivity contribution in [2.75, 3.05) is 0 Å². The average Bonchev–Trinajstić information content (AvgIpc) is 3.53. The molecule has 0 aliphatic rings. The van der Waals surface area contributed by atoms with Gasteiger partial charge in [-0.15, -0.1) is 65.4 Å².